The molecule has 1 atom stereocenters. The van der Waals surface area contributed by atoms with Gasteiger partial charge in [0.2, 0.25) is 10.0 Å². The molecule has 0 aliphatic carbocycles. The zero-order valence-corrected chi connectivity index (χ0v) is 14.8. The molecule has 0 heterocycles. The van der Waals surface area contributed by atoms with E-state index in [1.165, 1.54) is 19.3 Å². The summed E-state index contributed by atoms with van der Waals surface area (Å²) in [5, 5.41) is 0. The average Bonchev–Trinajstić information content (AvgIpc) is 2.39. The fraction of sp³-hybridized carbons (Fsp3) is 1.00. The van der Waals surface area contributed by atoms with E-state index in [-0.39, 0.29) is 11.3 Å². The Labute approximate surface area is 127 Å². The summed E-state index contributed by atoms with van der Waals surface area (Å²) in [5.74, 6) is 0.264. The molecule has 0 bridgehead atoms. The van der Waals surface area contributed by atoms with Gasteiger partial charge in [-0.25, -0.2) is 13.1 Å². The number of hydrogen-bond donors (Lipinski definition) is 1. The number of sulfonamides is 1. The van der Waals surface area contributed by atoms with Crippen molar-refractivity contribution in [3.05, 3.63) is 0 Å². The summed E-state index contributed by atoms with van der Waals surface area (Å²) in [4.78, 5) is 0. The number of hydrogen-bond acceptors (Lipinski definition) is 2. The van der Waals surface area contributed by atoms with E-state index in [0.717, 1.165) is 44.9 Å². The van der Waals surface area contributed by atoms with Gasteiger partial charge < -0.3 is 0 Å². The summed E-state index contributed by atoms with van der Waals surface area (Å²) < 4.78 is 27.3. The number of unbranched alkanes of at least 4 members (excludes halogenated alkanes) is 5. The number of nitrogens with one attached hydrogen (secondary N) is 1. The molecular formula is C16H35NO2S. The van der Waals surface area contributed by atoms with Gasteiger partial charge >= 0.3 is 0 Å². The van der Waals surface area contributed by atoms with E-state index in [1.807, 2.05) is 6.92 Å². The van der Waals surface area contributed by atoms with E-state index in [9.17, 15) is 8.42 Å². The van der Waals surface area contributed by atoms with Gasteiger partial charge in [0.15, 0.2) is 0 Å². The van der Waals surface area contributed by atoms with Crippen molar-refractivity contribution in [2.75, 3.05) is 5.75 Å². The molecule has 0 radical (unpaired) electrons. The smallest absolute Gasteiger partial charge is 0.212 e. The zero-order chi connectivity index (χ0) is 15.5. The van der Waals surface area contributed by atoms with Gasteiger partial charge in [-0.2, -0.15) is 0 Å². The summed E-state index contributed by atoms with van der Waals surface area (Å²) in [7, 11) is -3.12. The van der Waals surface area contributed by atoms with Crippen LogP contribution in [0.15, 0.2) is 0 Å². The largest absolute Gasteiger partial charge is 0.212 e. The van der Waals surface area contributed by atoms with Crippen LogP contribution in [0.5, 0.6) is 0 Å². The third-order valence-electron chi connectivity index (χ3n) is 3.83. The second kappa shape index (κ2) is 10.6. The Hall–Kier alpha value is -0.0900. The second-order valence-corrected chi connectivity index (χ2v) is 8.09. The second-order valence-electron chi connectivity index (χ2n) is 6.25. The van der Waals surface area contributed by atoms with E-state index in [1.54, 1.807) is 0 Å². The summed E-state index contributed by atoms with van der Waals surface area (Å²) in [6.45, 7) is 8.46. The SMILES string of the molecule is CCCCCCC(C)(CCCC)NS(=O)(=O)CCCC. The van der Waals surface area contributed by atoms with Gasteiger partial charge in [-0.3, -0.25) is 0 Å². The molecule has 0 amide bonds. The Kier molecular flexibility index (Phi) is 10.6. The number of rotatable bonds is 13. The topological polar surface area (TPSA) is 46.2 Å². The maximum absolute atomic E-state index is 12.1. The van der Waals surface area contributed by atoms with E-state index >= 15 is 0 Å². The van der Waals surface area contributed by atoms with Gasteiger partial charge in [0.05, 0.1) is 5.75 Å². The zero-order valence-electron chi connectivity index (χ0n) is 14.0. The maximum atomic E-state index is 12.1. The molecule has 0 rings (SSSR count). The van der Waals surface area contributed by atoms with E-state index < -0.39 is 10.0 Å². The van der Waals surface area contributed by atoms with Crippen LogP contribution in [0.1, 0.15) is 91.9 Å². The average molecular weight is 306 g/mol. The van der Waals surface area contributed by atoms with E-state index in [0.29, 0.717) is 0 Å². The third kappa shape index (κ3) is 9.76. The minimum Gasteiger partial charge on any atom is -0.212 e. The van der Waals surface area contributed by atoms with Crippen LogP contribution in [-0.4, -0.2) is 19.7 Å². The van der Waals surface area contributed by atoms with Gasteiger partial charge in [0, 0.05) is 5.54 Å². The Morgan fingerprint density at radius 1 is 0.800 bits per heavy atom. The van der Waals surface area contributed by atoms with Crippen LogP contribution in [0.4, 0.5) is 0 Å². The molecule has 0 aliphatic heterocycles. The molecule has 0 saturated heterocycles. The predicted octanol–water partition coefficient (Wildman–Crippen LogP) is 4.63. The highest BCUT2D eigenvalue weighted by molar-refractivity contribution is 7.89. The monoisotopic (exact) mass is 305 g/mol. The van der Waals surface area contributed by atoms with E-state index in [2.05, 4.69) is 25.5 Å². The molecule has 0 fully saturated rings. The lowest BCUT2D eigenvalue weighted by atomic mass is 9.90. The first-order chi connectivity index (χ1) is 9.39. The molecular weight excluding hydrogens is 270 g/mol. The van der Waals surface area contributed by atoms with Crippen molar-refractivity contribution in [2.45, 2.75) is 97.4 Å². The Bertz CT molecular complexity index is 327. The van der Waals surface area contributed by atoms with Crippen LogP contribution in [0.2, 0.25) is 0 Å². The molecule has 0 spiro atoms. The lowest BCUT2D eigenvalue weighted by Gasteiger charge is -2.31. The van der Waals surface area contributed by atoms with Gasteiger partial charge in [-0.05, 0) is 26.2 Å². The lowest BCUT2D eigenvalue weighted by molar-refractivity contribution is 0.335. The van der Waals surface area contributed by atoms with Crippen molar-refractivity contribution in [1.29, 1.82) is 0 Å². The summed E-state index contributed by atoms with van der Waals surface area (Å²) >= 11 is 0. The van der Waals surface area contributed by atoms with Crippen molar-refractivity contribution >= 4 is 10.0 Å². The first-order valence-corrected chi connectivity index (χ1v) is 10.1. The summed E-state index contributed by atoms with van der Waals surface area (Å²) in [6.07, 6.45) is 10.5. The van der Waals surface area contributed by atoms with Crippen molar-refractivity contribution in [3.63, 3.8) is 0 Å². The molecule has 0 aromatic rings. The summed E-state index contributed by atoms with van der Waals surface area (Å²) in [6, 6.07) is 0. The highest BCUT2D eigenvalue weighted by atomic mass is 32.2. The quantitative estimate of drug-likeness (QED) is 0.504. The minimum atomic E-state index is -3.12. The van der Waals surface area contributed by atoms with Crippen LogP contribution in [0.25, 0.3) is 0 Å². The molecule has 0 aromatic heterocycles. The normalized spacial score (nSPS) is 15.2. The van der Waals surface area contributed by atoms with Crippen LogP contribution >= 0.6 is 0 Å². The van der Waals surface area contributed by atoms with Crippen molar-refractivity contribution in [2.24, 2.45) is 0 Å². The fourth-order valence-electron chi connectivity index (χ4n) is 2.50. The predicted molar refractivity (Wildman–Crippen MR) is 88.5 cm³/mol. The standard InChI is InChI=1S/C16H35NO2S/c1-5-8-11-12-14-16(4,13-9-6-2)17-20(18,19)15-10-7-3/h17H,5-15H2,1-4H3. The highest BCUT2D eigenvalue weighted by Crippen LogP contribution is 2.23. The molecule has 122 valence electrons. The Morgan fingerprint density at radius 2 is 1.35 bits per heavy atom. The molecule has 4 heteroatoms. The first-order valence-electron chi connectivity index (χ1n) is 8.40. The minimum absolute atomic E-state index is 0.254. The van der Waals surface area contributed by atoms with Gasteiger partial charge in [0.25, 0.3) is 0 Å². The van der Waals surface area contributed by atoms with Crippen LogP contribution in [-0.2, 0) is 10.0 Å². The molecule has 1 unspecified atom stereocenters. The van der Waals surface area contributed by atoms with Gasteiger partial charge in [-0.15, -0.1) is 0 Å². The van der Waals surface area contributed by atoms with Crippen molar-refractivity contribution in [1.82, 2.24) is 4.72 Å². The van der Waals surface area contributed by atoms with Gasteiger partial charge in [-0.1, -0.05) is 65.7 Å². The van der Waals surface area contributed by atoms with E-state index in [4.69, 9.17) is 0 Å². The maximum Gasteiger partial charge on any atom is 0.212 e. The Morgan fingerprint density at radius 3 is 1.90 bits per heavy atom. The fourth-order valence-corrected chi connectivity index (χ4v) is 4.22. The van der Waals surface area contributed by atoms with Crippen molar-refractivity contribution < 1.29 is 8.42 Å². The molecule has 0 aliphatic rings. The molecule has 0 saturated carbocycles. The van der Waals surface area contributed by atoms with Crippen LogP contribution in [0, 0.1) is 0 Å². The highest BCUT2D eigenvalue weighted by Gasteiger charge is 2.28. The molecule has 3 nitrogen and oxygen atoms in total. The van der Waals surface area contributed by atoms with Gasteiger partial charge in [0.1, 0.15) is 0 Å². The van der Waals surface area contributed by atoms with Crippen LogP contribution < -0.4 is 4.72 Å². The van der Waals surface area contributed by atoms with Crippen molar-refractivity contribution in [3.8, 4) is 0 Å². The van der Waals surface area contributed by atoms with Crippen LogP contribution in [0.3, 0.4) is 0 Å². The third-order valence-corrected chi connectivity index (χ3v) is 5.46. The Balaban J connectivity index is 4.50. The molecule has 1 N–H and O–H groups in total. The first kappa shape index (κ1) is 19.9. The molecule has 0 aromatic carbocycles. The lowest BCUT2D eigenvalue weighted by Crippen LogP contribution is -2.46. The molecule has 20 heavy (non-hydrogen) atoms. The summed E-state index contributed by atoms with van der Waals surface area (Å²) in [5.41, 5.74) is -0.254.